The van der Waals surface area contributed by atoms with Crippen LogP contribution in [-0.2, 0) is 17.6 Å². The van der Waals surface area contributed by atoms with Crippen LogP contribution in [0.3, 0.4) is 0 Å². The van der Waals surface area contributed by atoms with Gasteiger partial charge in [0.15, 0.2) is 11.5 Å². The van der Waals surface area contributed by atoms with Gasteiger partial charge in [-0.2, -0.15) is 0 Å². The minimum atomic E-state index is -0.848. The summed E-state index contributed by atoms with van der Waals surface area (Å²) in [5, 5.41) is 10.2. The van der Waals surface area contributed by atoms with Gasteiger partial charge in [-0.3, -0.25) is 4.79 Å². The predicted molar refractivity (Wildman–Crippen MR) is 117 cm³/mol. The Labute approximate surface area is 175 Å². The van der Waals surface area contributed by atoms with E-state index in [9.17, 15) is 4.79 Å². The van der Waals surface area contributed by atoms with Crippen LogP contribution in [0.1, 0.15) is 24.0 Å². The first-order valence-corrected chi connectivity index (χ1v) is 9.88. The van der Waals surface area contributed by atoms with Gasteiger partial charge in [-0.1, -0.05) is 6.07 Å². The number of unbranched alkanes of at least 4 members (excludes halogenated alkanes) is 1. The molecule has 0 saturated carbocycles. The van der Waals surface area contributed by atoms with Gasteiger partial charge in [-0.25, -0.2) is 0 Å². The summed E-state index contributed by atoms with van der Waals surface area (Å²) in [4.78, 5) is 14.7. The number of rotatable bonds is 10. The smallest absolute Gasteiger partial charge is 0.307 e. The largest absolute Gasteiger partial charge is 0.493 e. The molecule has 0 saturated heterocycles. The Morgan fingerprint density at radius 2 is 1.73 bits per heavy atom. The topological polar surface area (TPSA) is 107 Å². The first-order valence-electron chi connectivity index (χ1n) is 9.88. The minimum Gasteiger partial charge on any atom is -0.493 e. The first kappa shape index (κ1) is 21.5. The number of methoxy groups -OCH3 is 3. The molecule has 0 fully saturated rings. The molecule has 0 aliphatic heterocycles. The number of carboxylic acid groups (broad SMARTS) is 1. The normalized spacial score (nSPS) is 10.9. The van der Waals surface area contributed by atoms with Crippen molar-refractivity contribution in [3.8, 4) is 28.5 Å². The van der Waals surface area contributed by atoms with Crippen LogP contribution in [0, 0.1) is 0 Å². The Morgan fingerprint density at radius 1 is 1.03 bits per heavy atom. The van der Waals surface area contributed by atoms with Crippen molar-refractivity contribution < 1.29 is 24.1 Å². The van der Waals surface area contributed by atoms with Crippen LogP contribution in [0.15, 0.2) is 30.3 Å². The molecule has 0 atom stereocenters. The highest BCUT2D eigenvalue weighted by Gasteiger charge is 2.19. The summed E-state index contributed by atoms with van der Waals surface area (Å²) >= 11 is 0. The summed E-state index contributed by atoms with van der Waals surface area (Å²) < 4.78 is 16.5. The van der Waals surface area contributed by atoms with Crippen molar-refractivity contribution in [3.05, 3.63) is 41.5 Å². The lowest BCUT2D eigenvalue weighted by molar-refractivity contribution is -0.136. The number of aromatic amines is 1. The van der Waals surface area contributed by atoms with Crippen molar-refractivity contribution >= 4 is 16.9 Å². The lowest BCUT2D eigenvalue weighted by Gasteiger charge is -2.14. The molecule has 0 unspecified atom stereocenters. The number of aryl methyl sites for hydroxylation is 1. The molecule has 3 aromatic rings. The summed E-state index contributed by atoms with van der Waals surface area (Å²) in [6.07, 6.45) is 2.66. The molecule has 4 N–H and O–H groups in total. The molecule has 0 radical (unpaired) electrons. The number of nitrogens with one attached hydrogen (secondary N) is 1. The molecule has 0 aliphatic rings. The third-order valence-electron chi connectivity index (χ3n) is 5.16. The zero-order valence-electron chi connectivity index (χ0n) is 17.6. The van der Waals surface area contributed by atoms with Crippen molar-refractivity contribution in [1.29, 1.82) is 0 Å². The van der Waals surface area contributed by atoms with Gasteiger partial charge in [0.2, 0.25) is 5.75 Å². The molecular weight excluding hydrogens is 384 g/mol. The van der Waals surface area contributed by atoms with Gasteiger partial charge in [-0.05, 0) is 61.2 Å². The molecule has 160 valence electrons. The van der Waals surface area contributed by atoms with E-state index in [1.54, 1.807) is 21.3 Å². The summed E-state index contributed by atoms with van der Waals surface area (Å²) in [5.74, 6) is 0.836. The van der Waals surface area contributed by atoms with Gasteiger partial charge < -0.3 is 30.0 Å². The number of nitrogens with two attached hydrogens (primary N) is 1. The molecule has 2 aromatic carbocycles. The fourth-order valence-corrected chi connectivity index (χ4v) is 3.76. The third-order valence-corrected chi connectivity index (χ3v) is 5.16. The van der Waals surface area contributed by atoms with Crippen molar-refractivity contribution in [2.24, 2.45) is 5.73 Å². The maximum absolute atomic E-state index is 11.2. The third kappa shape index (κ3) is 4.36. The van der Waals surface area contributed by atoms with Crippen molar-refractivity contribution in [2.75, 3.05) is 27.9 Å². The minimum absolute atomic E-state index is 0.0110. The number of carbonyl (C=O) groups is 1. The molecule has 0 bridgehead atoms. The molecule has 1 heterocycles. The maximum Gasteiger partial charge on any atom is 0.307 e. The average Bonchev–Trinajstić information content (AvgIpc) is 3.10. The first-order chi connectivity index (χ1) is 14.5. The van der Waals surface area contributed by atoms with Crippen LogP contribution in [0.25, 0.3) is 22.2 Å². The standard InChI is InChI=1S/C23H28N2O5/c1-28-19-12-15(13-20(29-2)23(19)30-3)22-16(6-4-5-9-24)17-10-14(11-21(26)27)7-8-18(17)25-22/h7-8,10,12-13,25H,4-6,9,11,24H2,1-3H3,(H,26,27). The van der Waals surface area contributed by atoms with E-state index in [-0.39, 0.29) is 6.42 Å². The van der Waals surface area contributed by atoms with Crippen LogP contribution in [0.5, 0.6) is 17.2 Å². The fraction of sp³-hybridized carbons (Fsp3) is 0.348. The number of aromatic nitrogens is 1. The van der Waals surface area contributed by atoms with Crippen LogP contribution in [0.2, 0.25) is 0 Å². The van der Waals surface area contributed by atoms with Gasteiger partial charge in [-0.15, -0.1) is 0 Å². The molecule has 0 aliphatic carbocycles. The highest BCUT2D eigenvalue weighted by Crippen LogP contribution is 2.43. The number of hydrogen-bond donors (Lipinski definition) is 3. The molecule has 7 nitrogen and oxygen atoms in total. The van der Waals surface area contributed by atoms with Gasteiger partial charge in [0.1, 0.15) is 0 Å². The highest BCUT2D eigenvalue weighted by atomic mass is 16.5. The molecule has 0 spiro atoms. The Hall–Kier alpha value is -3.19. The SMILES string of the molecule is COc1cc(-c2[nH]c3ccc(CC(=O)O)cc3c2CCCCN)cc(OC)c1OC. The molecule has 0 amide bonds. The quantitative estimate of drug-likeness (QED) is 0.438. The second kappa shape index (κ2) is 9.54. The van der Waals surface area contributed by atoms with Gasteiger partial charge >= 0.3 is 5.97 Å². The number of carboxylic acids is 1. The second-order valence-electron chi connectivity index (χ2n) is 7.09. The van der Waals surface area contributed by atoms with Gasteiger partial charge in [0, 0.05) is 22.2 Å². The van der Waals surface area contributed by atoms with E-state index in [4.69, 9.17) is 25.1 Å². The van der Waals surface area contributed by atoms with Crippen LogP contribution < -0.4 is 19.9 Å². The summed E-state index contributed by atoms with van der Waals surface area (Å²) in [5.41, 5.74) is 10.4. The summed E-state index contributed by atoms with van der Waals surface area (Å²) in [6.45, 7) is 0.631. The van der Waals surface area contributed by atoms with Crippen molar-refractivity contribution in [2.45, 2.75) is 25.7 Å². The monoisotopic (exact) mass is 412 g/mol. The van der Waals surface area contributed by atoms with E-state index in [1.165, 1.54) is 0 Å². The molecule has 3 rings (SSSR count). The van der Waals surface area contributed by atoms with E-state index in [0.717, 1.165) is 52.5 Å². The zero-order valence-corrected chi connectivity index (χ0v) is 17.6. The number of aliphatic carboxylic acids is 1. The van der Waals surface area contributed by atoms with E-state index in [1.807, 2.05) is 30.3 Å². The van der Waals surface area contributed by atoms with Crippen LogP contribution in [0.4, 0.5) is 0 Å². The van der Waals surface area contributed by atoms with Crippen LogP contribution >= 0.6 is 0 Å². The zero-order chi connectivity index (χ0) is 21.7. The Kier molecular flexibility index (Phi) is 6.84. The predicted octanol–water partition coefficient (Wildman–Crippen LogP) is 3.77. The lowest BCUT2D eigenvalue weighted by atomic mass is 9.98. The van der Waals surface area contributed by atoms with E-state index >= 15 is 0 Å². The van der Waals surface area contributed by atoms with Crippen molar-refractivity contribution in [3.63, 3.8) is 0 Å². The van der Waals surface area contributed by atoms with Gasteiger partial charge in [0.25, 0.3) is 0 Å². The number of benzene rings is 2. The fourth-order valence-electron chi connectivity index (χ4n) is 3.76. The number of fused-ring (bicyclic) bond motifs is 1. The molecular formula is C23H28N2O5. The molecule has 30 heavy (non-hydrogen) atoms. The average molecular weight is 412 g/mol. The van der Waals surface area contributed by atoms with E-state index in [0.29, 0.717) is 23.8 Å². The number of hydrogen-bond acceptors (Lipinski definition) is 5. The number of ether oxygens (including phenoxy) is 3. The van der Waals surface area contributed by atoms with Crippen molar-refractivity contribution in [1.82, 2.24) is 4.98 Å². The number of H-pyrrole nitrogens is 1. The lowest BCUT2D eigenvalue weighted by Crippen LogP contribution is -2.00. The Balaban J connectivity index is 2.18. The van der Waals surface area contributed by atoms with Gasteiger partial charge in [0.05, 0.1) is 27.8 Å². The van der Waals surface area contributed by atoms with Crippen LogP contribution in [-0.4, -0.2) is 43.9 Å². The molecule has 7 heteroatoms. The Bertz CT molecular complexity index is 1020. The Morgan fingerprint density at radius 3 is 2.30 bits per heavy atom. The molecule has 1 aromatic heterocycles. The maximum atomic E-state index is 11.2. The van der Waals surface area contributed by atoms with E-state index in [2.05, 4.69) is 4.98 Å². The second-order valence-corrected chi connectivity index (χ2v) is 7.09. The highest BCUT2D eigenvalue weighted by molar-refractivity contribution is 5.92. The summed E-state index contributed by atoms with van der Waals surface area (Å²) in [7, 11) is 4.75. The van der Waals surface area contributed by atoms with E-state index < -0.39 is 5.97 Å². The summed E-state index contributed by atoms with van der Waals surface area (Å²) in [6, 6.07) is 9.56.